The van der Waals surface area contributed by atoms with Crippen molar-refractivity contribution >= 4 is 46.4 Å². The van der Waals surface area contributed by atoms with Gasteiger partial charge in [-0.3, -0.25) is 4.99 Å². The normalized spacial score (nSPS) is 21.5. The molecule has 2 aliphatic heterocycles. The van der Waals surface area contributed by atoms with Crippen LogP contribution in [-0.4, -0.2) is 61.2 Å². The number of hydrogen-bond donors (Lipinski definition) is 1. The van der Waals surface area contributed by atoms with Crippen LogP contribution in [0.25, 0.3) is 0 Å². The molecule has 2 unspecified atom stereocenters. The van der Waals surface area contributed by atoms with Gasteiger partial charge in [-0.2, -0.15) is 0 Å². The maximum absolute atomic E-state index is 13.3. The molecule has 2 fully saturated rings. The average molecular weight is 574 g/mol. The zero-order chi connectivity index (χ0) is 21.6. The first-order valence-corrected chi connectivity index (χ1v) is 12.1. The highest BCUT2D eigenvalue weighted by Gasteiger charge is 2.28. The minimum Gasteiger partial charge on any atom is -0.367 e. The number of halogens is 2. The fourth-order valence-corrected chi connectivity index (χ4v) is 5.07. The van der Waals surface area contributed by atoms with Crippen molar-refractivity contribution in [3.05, 3.63) is 46.7 Å². The van der Waals surface area contributed by atoms with Crippen LogP contribution in [0.1, 0.15) is 44.1 Å². The van der Waals surface area contributed by atoms with Gasteiger partial charge in [0.15, 0.2) is 11.1 Å². The van der Waals surface area contributed by atoms with E-state index in [1.165, 1.54) is 25.0 Å². The molecule has 1 N–H and O–H groups in total. The molecule has 176 valence electrons. The molecule has 2 aromatic rings. The molecule has 32 heavy (non-hydrogen) atoms. The number of aromatic nitrogens is 1. The fourth-order valence-electron chi connectivity index (χ4n) is 4.15. The van der Waals surface area contributed by atoms with Gasteiger partial charge in [0, 0.05) is 44.5 Å². The Bertz CT molecular complexity index is 872. The molecule has 6 nitrogen and oxygen atoms in total. The molecule has 0 bridgehead atoms. The number of nitrogens with zero attached hydrogens (tertiary/aromatic N) is 4. The number of benzene rings is 1. The number of rotatable bonds is 6. The van der Waals surface area contributed by atoms with Gasteiger partial charge in [-0.15, -0.1) is 35.3 Å². The third-order valence-corrected chi connectivity index (χ3v) is 6.63. The predicted molar refractivity (Wildman–Crippen MR) is 140 cm³/mol. The topological polar surface area (TPSA) is 53.0 Å². The number of aliphatic imine (C=N–C) groups is 1. The van der Waals surface area contributed by atoms with Crippen molar-refractivity contribution in [3.8, 4) is 0 Å². The Morgan fingerprint density at radius 3 is 2.72 bits per heavy atom. The van der Waals surface area contributed by atoms with Crippen LogP contribution in [-0.2, 0) is 11.2 Å². The van der Waals surface area contributed by atoms with Crippen molar-refractivity contribution in [3.63, 3.8) is 0 Å². The van der Waals surface area contributed by atoms with Crippen LogP contribution in [0.3, 0.4) is 0 Å². The lowest BCUT2D eigenvalue weighted by molar-refractivity contribution is -0.0605. The molecule has 2 saturated heterocycles. The summed E-state index contributed by atoms with van der Waals surface area (Å²) in [6.07, 6.45) is 3.33. The smallest absolute Gasteiger partial charge is 0.194 e. The second-order valence-corrected chi connectivity index (χ2v) is 9.03. The molecule has 0 spiro atoms. The van der Waals surface area contributed by atoms with Crippen molar-refractivity contribution < 1.29 is 9.13 Å². The van der Waals surface area contributed by atoms with E-state index in [9.17, 15) is 4.39 Å². The van der Waals surface area contributed by atoms with Gasteiger partial charge in [0.05, 0.1) is 18.3 Å². The third kappa shape index (κ3) is 6.54. The van der Waals surface area contributed by atoms with Gasteiger partial charge in [0.25, 0.3) is 0 Å². The third-order valence-electron chi connectivity index (χ3n) is 5.68. The summed E-state index contributed by atoms with van der Waals surface area (Å²) < 4.78 is 19.5. The van der Waals surface area contributed by atoms with Crippen molar-refractivity contribution in [1.82, 2.24) is 15.2 Å². The number of ether oxygens (including phenoxy) is 1. The molecule has 1 aromatic heterocycles. The van der Waals surface area contributed by atoms with Gasteiger partial charge in [-0.1, -0.05) is 12.1 Å². The van der Waals surface area contributed by atoms with Gasteiger partial charge in [0.1, 0.15) is 11.9 Å². The minimum atomic E-state index is -0.228. The summed E-state index contributed by atoms with van der Waals surface area (Å²) in [4.78, 5) is 14.3. The quantitative estimate of drug-likeness (QED) is 0.314. The first-order valence-electron chi connectivity index (χ1n) is 11.3. The lowest BCUT2D eigenvalue weighted by Crippen LogP contribution is -2.50. The Balaban J connectivity index is 0.00000289. The lowest BCUT2D eigenvalue weighted by atomic mass is 10.1. The summed E-state index contributed by atoms with van der Waals surface area (Å²) in [6, 6.07) is 6.60. The van der Waals surface area contributed by atoms with Gasteiger partial charge in [0.2, 0.25) is 0 Å². The van der Waals surface area contributed by atoms with E-state index in [0.29, 0.717) is 13.1 Å². The molecule has 4 rings (SSSR count). The molecule has 0 saturated carbocycles. The zero-order valence-electron chi connectivity index (χ0n) is 18.8. The van der Waals surface area contributed by atoms with Gasteiger partial charge in [-0.05, 0) is 44.4 Å². The fraction of sp³-hybridized carbons (Fsp3) is 0.565. The SMILES string of the molecule is CCNC(=NCCc1csc(N2CCCC2)n1)N1CC(C)OC(c2ccc(F)cc2)C1.I. The van der Waals surface area contributed by atoms with Crippen LogP contribution in [0.5, 0.6) is 0 Å². The number of anilines is 1. The summed E-state index contributed by atoms with van der Waals surface area (Å²) in [5.41, 5.74) is 2.11. The van der Waals surface area contributed by atoms with Crippen LogP contribution in [0.2, 0.25) is 0 Å². The van der Waals surface area contributed by atoms with Crippen molar-refractivity contribution in [2.24, 2.45) is 4.99 Å². The van der Waals surface area contributed by atoms with E-state index in [-0.39, 0.29) is 42.0 Å². The first kappa shape index (κ1) is 25.2. The summed E-state index contributed by atoms with van der Waals surface area (Å²) in [6.45, 7) is 9.37. The predicted octanol–water partition coefficient (Wildman–Crippen LogP) is 4.47. The van der Waals surface area contributed by atoms with Gasteiger partial charge >= 0.3 is 0 Å². The van der Waals surface area contributed by atoms with Gasteiger partial charge < -0.3 is 19.9 Å². The number of thiazole rings is 1. The Morgan fingerprint density at radius 1 is 1.25 bits per heavy atom. The first-order chi connectivity index (χ1) is 15.1. The molecule has 0 radical (unpaired) electrons. The molecular formula is C23H33FIN5OS. The molecule has 3 heterocycles. The van der Waals surface area contributed by atoms with E-state index in [1.807, 2.05) is 0 Å². The van der Waals surface area contributed by atoms with Crippen LogP contribution in [0.15, 0.2) is 34.6 Å². The second kappa shape index (κ2) is 12.1. The Morgan fingerprint density at radius 2 is 2.00 bits per heavy atom. The molecule has 2 aliphatic rings. The molecule has 2 atom stereocenters. The second-order valence-electron chi connectivity index (χ2n) is 8.19. The summed E-state index contributed by atoms with van der Waals surface area (Å²) in [5, 5.41) is 6.73. The molecular weight excluding hydrogens is 540 g/mol. The monoisotopic (exact) mass is 573 g/mol. The van der Waals surface area contributed by atoms with E-state index >= 15 is 0 Å². The summed E-state index contributed by atoms with van der Waals surface area (Å²) in [7, 11) is 0. The van der Waals surface area contributed by atoms with Crippen molar-refractivity contribution in [2.75, 3.05) is 44.2 Å². The maximum atomic E-state index is 13.3. The van der Waals surface area contributed by atoms with Crippen LogP contribution < -0.4 is 10.2 Å². The number of hydrogen-bond acceptors (Lipinski definition) is 5. The summed E-state index contributed by atoms with van der Waals surface area (Å²) in [5.74, 6) is 0.675. The minimum absolute atomic E-state index is 0. The average Bonchev–Trinajstić information content (AvgIpc) is 3.45. The standard InChI is InChI=1S/C23H32FN5OS.HI/c1-3-25-22(26-11-10-20-16-31-23(27-20)28-12-4-5-13-28)29-14-17(2)30-21(15-29)18-6-8-19(24)9-7-18;/h6-9,16-17,21H,3-5,10-15H2,1-2H3,(H,25,26);1H. The largest absolute Gasteiger partial charge is 0.367 e. The highest BCUT2D eigenvalue weighted by atomic mass is 127. The number of morpholine rings is 1. The molecule has 0 aliphatic carbocycles. The Kier molecular flexibility index (Phi) is 9.54. The van der Waals surface area contributed by atoms with Crippen LogP contribution in [0, 0.1) is 5.82 Å². The van der Waals surface area contributed by atoms with Crippen LogP contribution >= 0.6 is 35.3 Å². The highest BCUT2D eigenvalue weighted by molar-refractivity contribution is 14.0. The Labute approximate surface area is 211 Å². The Hall–Kier alpha value is -1.46. The number of guanidine groups is 1. The number of nitrogens with one attached hydrogen (secondary N) is 1. The lowest BCUT2D eigenvalue weighted by Gasteiger charge is -2.38. The molecule has 0 amide bonds. The molecule has 1 aromatic carbocycles. The maximum Gasteiger partial charge on any atom is 0.194 e. The molecule has 9 heteroatoms. The van der Waals surface area contributed by atoms with E-state index < -0.39 is 0 Å². The van der Waals surface area contributed by atoms with E-state index in [2.05, 4.69) is 34.3 Å². The van der Waals surface area contributed by atoms with E-state index in [0.717, 1.165) is 54.9 Å². The van der Waals surface area contributed by atoms with E-state index in [4.69, 9.17) is 14.7 Å². The van der Waals surface area contributed by atoms with Crippen LogP contribution in [0.4, 0.5) is 9.52 Å². The van der Waals surface area contributed by atoms with E-state index in [1.54, 1.807) is 23.5 Å². The van der Waals surface area contributed by atoms with Crippen molar-refractivity contribution in [2.45, 2.75) is 45.3 Å². The zero-order valence-corrected chi connectivity index (χ0v) is 21.9. The van der Waals surface area contributed by atoms with Crippen molar-refractivity contribution in [1.29, 1.82) is 0 Å². The van der Waals surface area contributed by atoms with Gasteiger partial charge in [-0.25, -0.2) is 9.37 Å². The highest BCUT2D eigenvalue weighted by Crippen LogP contribution is 2.26. The summed E-state index contributed by atoms with van der Waals surface area (Å²) >= 11 is 1.74.